The summed E-state index contributed by atoms with van der Waals surface area (Å²) in [4.78, 5) is 47.2. The van der Waals surface area contributed by atoms with Crippen molar-refractivity contribution in [2.45, 2.75) is 26.3 Å². The van der Waals surface area contributed by atoms with Gasteiger partial charge in [-0.25, -0.2) is 13.2 Å². The third-order valence-corrected chi connectivity index (χ3v) is 7.10. The number of esters is 1. The van der Waals surface area contributed by atoms with Crippen LogP contribution >= 0.6 is 0 Å². The van der Waals surface area contributed by atoms with Crippen molar-refractivity contribution in [3.63, 3.8) is 0 Å². The summed E-state index contributed by atoms with van der Waals surface area (Å²) < 4.78 is 30.7. The second kappa shape index (κ2) is 10.00. The van der Waals surface area contributed by atoms with Crippen molar-refractivity contribution < 1.29 is 32.5 Å². The minimum Gasteiger partial charge on any atom is -0.456 e. The fourth-order valence-corrected chi connectivity index (χ4v) is 4.59. The van der Waals surface area contributed by atoms with E-state index >= 15 is 0 Å². The molecule has 1 atom stereocenters. The normalized spacial score (nSPS) is 13.6. The van der Waals surface area contributed by atoms with Crippen LogP contribution in [-0.4, -0.2) is 55.9 Å². The molecule has 0 saturated heterocycles. The maximum atomic E-state index is 12.5. The van der Waals surface area contributed by atoms with Gasteiger partial charge >= 0.3 is 5.97 Å². The number of carbonyl (C=O) groups is 3. The van der Waals surface area contributed by atoms with Crippen LogP contribution in [-0.2, 0) is 26.0 Å². The Balaban J connectivity index is 1.58. The fraction of sp³-hybridized carbons (Fsp3) is 0.318. The third kappa shape index (κ3) is 5.39. The Morgan fingerprint density at radius 3 is 2.59 bits per heavy atom. The van der Waals surface area contributed by atoms with Crippen molar-refractivity contribution in [2.24, 2.45) is 0 Å². The van der Waals surface area contributed by atoms with Crippen molar-refractivity contribution in [3.05, 3.63) is 69.3 Å². The Kier molecular flexibility index (Phi) is 7.30. The highest BCUT2D eigenvalue weighted by molar-refractivity contribution is 7.92. The molecule has 0 aromatic heterocycles. The van der Waals surface area contributed by atoms with Crippen LogP contribution in [0.2, 0.25) is 0 Å². The molecule has 11 nitrogen and oxygen atoms in total. The van der Waals surface area contributed by atoms with Crippen LogP contribution < -0.4 is 9.62 Å². The molecule has 12 heteroatoms. The Morgan fingerprint density at radius 1 is 1.18 bits per heavy atom. The summed E-state index contributed by atoms with van der Waals surface area (Å²) in [5, 5.41) is 13.2. The minimum atomic E-state index is -3.40. The number of fused-ring (bicyclic) bond motifs is 1. The topological polar surface area (TPSA) is 153 Å². The van der Waals surface area contributed by atoms with Crippen molar-refractivity contribution in [2.75, 3.05) is 23.2 Å². The predicted octanol–water partition coefficient (Wildman–Crippen LogP) is 1.85. The second-order valence-electron chi connectivity index (χ2n) is 7.60. The number of nitrogens with zero attached hydrogens (tertiary/aromatic N) is 2. The molecule has 0 radical (unpaired) electrons. The SMILES string of the molecule is CCS(=O)(=O)N1CCc2cc(C(=O)COC(=O)[C@H](C)NC(=O)c3cccc([N+](=O)[O-])c3)ccc21. The van der Waals surface area contributed by atoms with E-state index in [-0.39, 0.29) is 22.6 Å². The molecular formula is C22H23N3O8S. The van der Waals surface area contributed by atoms with Crippen LogP contribution in [0, 0.1) is 10.1 Å². The molecule has 1 aliphatic rings. The summed E-state index contributed by atoms with van der Waals surface area (Å²) in [5.41, 5.74) is 1.26. The monoisotopic (exact) mass is 489 g/mol. The maximum Gasteiger partial charge on any atom is 0.328 e. The lowest BCUT2D eigenvalue weighted by atomic mass is 10.1. The van der Waals surface area contributed by atoms with E-state index in [0.717, 1.165) is 6.07 Å². The quantitative estimate of drug-likeness (QED) is 0.242. The van der Waals surface area contributed by atoms with Crippen molar-refractivity contribution in [1.82, 2.24) is 5.32 Å². The number of hydrogen-bond acceptors (Lipinski definition) is 8. The van der Waals surface area contributed by atoms with Gasteiger partial charge in [-0.2, -0.15) is 0 Å². The fourth-order valence-electron chi connectivity index (χ4n) is 3.43. The number of carbonyl (C=O) groups excluding carboxylic acids is 3. The minimum absolute atomic E-state index is 0.00204. The zero-order valence-electron chi connectivity index (χ0n) is 18.5. The summed E-state index contributed by atoms with van der Waals surface area (Å²) in [6.45, 7) is 2.67. The number of ether oxygens (including phenoxy) is 1. The smallest absolute Gasteiger partial charge is 0.328 e. The van der Waals surface area contributed by atoms with Gasteiger partial charge in [-0.3, -0.25) is 24.0 Å². The van der Waals surface area contributed by atoms with Gasteiger partial charge in [-0.05, 0) is 50.1 Å². The van der Waals surface area contributed by atoms with Crippen LogP contribution in [0.3, 0.4) is 0 Å². The van der Waals surface area contributed by atoms with Gasteiger partial charge in [-0.1, -0.05) is 6.07 Å². The molecule has 0 aliphatic carbocycles. The summed E-state index contributed by atoms with van der Waals surface area (Å²) in [6.07, 6.45) is 0.468. The van der Waals surface area contributed by atoms with E-state index in [1.54, 1.807) is 19.1 Å². The molecule has 0 spiro atoms. The highest BCUT2D eigenvalue weighted by Crippen LogP contribution is 2.31. The van der Waals surface area contributed by atoms with Gasteiger partial charge in [0.05, 0.1) is 16.4 Å². The van der Waals surface area contributed by atoms with E-state index in [4.69, 9.17) is 4.74 Å². The summed E-state index contributed by atoms with van der Waals surface area (Å²) in [5.74, 6) is -2.07. The van der Waals surface area contributed by atoms with Gasteiger partial charge in [0.2, 0.25) is 10.0 Å². The number of anilines is 1. The number of nitrogens with one attached hydrogen (secondary N) is 1. The number of Topliss-reactive ketones (excluding diaryl/α,β-unsaturated/α-hetero) is 1. The third-order valence-electron chi connectivity index (χ3n) is 5.32. The van der Waals surface area contributed by atoms with E-state index in [0.29, 0.717) is 24.2 Å². The molecule has 0 fully saturated rings. The Hall–Kier alpha value is -3.80. The van der Waals surface area contributed by atoms with Gasteiger partial charge in [0.1, 0.15) is 6.04 Å². The molecule has 0 bridgehead atoms. The zero-order valence-corrected chi connectivity index (χ0v) is 19.3. The largest absolute Gasteiger partial charge is 0.456 e. The van der Waals surface area contributed by atoms with Gasteiger partial charge in [0.25, 0.3) is 11.6 Å². The molecule has 0 unspecified atom stereocenters. The summed E-state index contributed by atoms with van der Waals surface area (Å²) in [7, 11) is -3.40. The molecule has 2 aromatic rings. The molecule has 1 amide bonds. The van der Waals surface area contributed by atoms with Crippen molar-refractivity contribution in [1.29, 1.82) is 0 Å². The van der Waals surface area contributed by atoms with Gasteiger partial charge in [0.15, 0.2) is 12.4 Å². The molecule has 0 saturated carbocycles. The number of amides is 1. The molecule has 2 aromatic carbocycles. The van der Waals surface area contributed by atoms with Crippen LogP contribution in [0.5, 0.6) is 0 Å². The first-order valence-electron chi connectivity index (χ1n) is 10.4. The number of hydrogen-bond donors (Lipinski definition) is 1. The predicted molar refractivity (Wildman–Crippen MR) is 122 cm³/mol. The molecule has 1 aliphatic heterocycles. The van der Waals surface area contributed by atoms with E-state index in [1.165, 1.54) is 35.5 Å². The first-order chi connectivity index (χ1) is 16.0. The highest BCUT2D eigenvalue weighted by Gasteiger charge is 2.29. The van der Waals surface area contributed by atoms with E-state index < -0.39 is 45.3 Å². The standard InChI is InChI=1S/C22H23N3O8S/c1-3-34(31,32)24-10-9-15-11-16(7-8-19(15)24)20(26)13-33-22(28)14(2)23-21(27)17-5-4-6-18(12-17)25(29)30/h4-8,11-12,14H,3,9-10,13H2,1-2H3,(H,23,27)/t14-/m0/s1. The lowest BCUT2D eigenvalue weighted by Gasteiger charge is -2.18. The molecule has 1 N–H and O–H groups in total. The lowest BCUT2D eigenvalue weighted by molar-refractivity contribution is -0.384. The van der Waals surface area contributed by atoms with E-state index in [9.17, 15) is 32.9 Å². The van der Waals surface area contributed by atoms with Gasteiger partial charge in [-0.15, -0.1) is 0 Å². The maximum absolute atomic E-state index is 12.5. The highest BCUT2D eigenvalue weighted by atomic mass is 32.2. The lowest BCUT2D eigenvalue weighted by Crippen LogP contribution is -2.40. The van der Waals surface area contributed by atoms with E-state index in [2.05, 4.69) is 5.32 Å². The van der Waals surface area contributed by atoms with E-state index in [1.807, 2.05) is 0 Å². The van der Waals surface area contributed by atoms with Crippen LogP contribution in [0.4, 0.5) is 11.4 Å². The Morgan fingerprint density at radius 2 is 1.91 bits per heavy atom. The second-order valence-corrected chi connectivity index (χ2v) is 9.78. The van der Waals surface area contributed by atoms with Gasteiger partial charge in [0, 0.05) is 29.8 Å². The average molecular weight is 490 g/mol. The van der Waals surface area contributed by atoms with Crippen LogP contribution in [0.15, 0.2) is 42.5 Å². The molecular weight excluding hydrogens is 466 g/mol. The average Bonchev–Trinajstić information content (AvgIpc) is 3.26. The number of sulfonamides is 1. The van der Waals surface area contributed by atoms with Crippen LogP contribution in [0.25, 0.3) is 0 Å². The number of nitro benzene ring substituents is 1. The summed E-state index contributed by atoms with van der Waals surface area (Å²) in [6, 6.07) is 8.55. The molecule has 1 heterocycles. The van der Waals surface area contributed by atoms with Crippen molar-refractivity contribution in [3.8, 4) is 0 Å². The first-order valence-corrected chi connectivity index (χ1v) is 12.0. The Labute approximate surface area is 195 Å². The summed E-state index contributed by atoms with van der Waals surface area (Å²) >= 11 is 0. The number of ketones is 1. The molecule has 180 valence electrons. The molecule has 3 rings (SSSR count). The van der Waals surface area contributed by atoms with Crippen LogP contribution in [0.1, 0.15) is 40.1 Å². The number of nitro groups is 1. The number of rotatable bonds is 9. The number of benzene rings is 2. The zero-order chi connectivity index (χ0) is 25.0. The first kappa shape index (κ1) is 24.8. The number of non-ortho nitro benzene ring substituents is 1. The Bertz CT molecular complexity index is 1260. The van der Waals surface area contributed by atoms with Crippen molar-refractivity contribution >= 4 is 39.1 Å². The van der Waals surface area contributed by atoms with Gasteiger partial charge < -0.3 is 10.1 Å². The molecule has 34 heavy (non-hydrogen) atoms.